The highest BCUT2D eigenvalue weighted by Crippen LogP contribution is 2.29. The largest absolute Gasteiger partial charge is 0.375 e. The van der Waals surface area contributed by atoms with Crippen LogP contribution in [0.4, 0.5) is 5.13 Å². The zero-order chi connectivity index (χ0) is 13.3. The summed E-state index contributed by atoms with van der Waals surface area (Å²) < 4.78 is 0. The summed E-state index contributed by atoms with van der Waals surface area (Å²) in [5.74, 6) is 0. The van der Waals surface area contributed by atoms with Crippen LogP contribution in [0.5, 0.6) is 0 Å². The van der Waals surface area contributed by atoms with Crippen LogP contribution in [0.1, 0.15) is 33.4 Å². The Morgan fingerprint density at radius 3 is 2.53 bits per heavy atom. The van der Waals surface area contributed by atoms with E-state index in [1.54, 1.807) is 22.7 Å². The second kappa shape index (κ2) is 6.65. The number of halogens is 1. The lowest BCUT2D eigenvalue weighted by molar-refractivity contribution is 0.257. The highest BCUT2D eigenvalue weighted by Gasteiger charge is 2.18. The van der Waals surface area contributed by atoms with Crippen molar-refractivity contribution in [2.75, 3.05) is 12.8 Å². The number of nitrogens with two attached hydrogens (primary N) is 1. The number of anilines is 1. The summed E-state index contributed by atoms with van der Waals surface area (Å²) >= 11 is 3.33. The molecule has 0 amide bonds. The van der Waals surface area contributed by atoms with Gasteiger partial charge in [-0.2, -0.15) is 0 Å². The van der Waals surface area contributed by atoms with Crippen molar-refractivity contribution in [3.05, 3.63) is 26.7 Å². The van der Waals surface area contributed by atoms with E-state index < -0.39 is 0 Å². The first-order valence-electron chi connectivity index (χ1n) is 5.81. The smallest absolute Gasteiger partial charge is 0.180 e. The first kappa shape index (κ1) is 16.4. The molecule has 1 atom stereocenters. The van der Waals surface area contributed by atoms with Crippen molar-refractivity contribution in [2.45, 2.75) is 33.4 Å². The molecule has 2 rings (SSSR count). The van der Waals surface area contributed by atoms with Crippen molar-refractivity contribution in [1.29, 1.82) is 0 Å². The van der Waals surface area contributed by atoms with Crippen LogP contribution in [0.3, 0.4) is 0 Å². The van der Waals surface area contributed by atoms with Gasteiger partial charge in [0, 0.05) is 28.5 Å². The molecule has 0 aromatic carbocycles. The van der Waals surface area contributed by atoms with Gasteiger partial charge in [0.1, 0.15) is 0 Å². The maximum absolute atomic E-state index is 5.65. The van der Waals surface area contributed by atoms with Gasteiger partial charge in [0.15, 0.2) is 5.13 Å². The Morgan fingerprint density at radius 1 is 1.37 bits per heavy atom. The number of aromatic nitrogens is 2. The monoisotopic (exact) mass is 318 g/mol. The topological polar surface area (TPSA) is 55.0 Å². The maximum atomic E-state index is 5.65. The number of hydrogen-bond donors (Lipinski definition) is 1. The molecule has 0 aliphatic rings. The second-order valence-electron chi connectivity index (χ2n) is 4.44. The van der Waals surface area contributed by atoms with E-state index in [1.807, 2.05) is 6.20 Å². The number of rotatable bonds is 4. The average Bonchev–Trinajstić information content (AvgIpc) is 2.84. The molecule has 7 heteroatoms. The lowest BCUT2D eigenvalue weighted by Gasteiger charge is -2.23. The Hall–Kier alpha value is -0.690. The molecular formula is C12H19ClN4S2. The summed E-state index contributed by atoms with van der Waals surface area (Å²) in [6.45, 7) is 7.21. The molecule has 0 fully saturated rings. The standard InChI is InChI=1S/C12H18N4S2.ClH/c1-7-11(17-9(3)15-7)8(2)16(4)6-10-5-14-12(13)18-10;/h5,8H,6H2,1-4H3,(H2,13,14);1H. The van der Waals surface area contributed by atoms with Gasteiger partial charge in [0.25, 0.3) is 0 Å². The summed E-state index contributed by atoms with van der Waals surface area (Å²) in [6, 6.07) is 0.361. The van der Waals surface area contributed by atoms with Crippen LogP contribution in [0.2, 0.25) is 0 Å². The van der Waals surface area contributed by atoms with Gasteiger partial charge in [-0.25, -0.2) is 9.97 Å². The van der Waals surface area contributed by atoms with Gasteiger partial charge in [-0.1, -0.05) is 0 Å². The molecule has 2 aromatic rings. The predicted octanol–water partition coefficient (Wildman–Crippen LogP) is 3.41. The predicted molar refractivity (Wildman–Crippen MR) is 85.2 cm³/mol. The van der Waals surface area contributed by atoms with Crippen LogP contribution < -0.4 is 5.73 Å². The van der Waals surface area contributed by atoms with E-state index in [4.69, 9.17) is 5.73 Å². The maximum Gasteiger partial charge on any atom is 0.180 e. The third-order valence-electron chi connectivity index (χ3n) is 2.96. The number of nitrogens with zero attached hydrogens (tertiary/aromatic N) is 3. The molecule has 0 aliphatic carbocycles. The van der Waals surface area contributed by atoms with E-state index in [1.165, 1.54) is 9.75 Å². The molecule has 19 heavy (non-hydrogen) atoms. The fraction of sp³-hybridized carbons (Fsp3) is 0.500. The van der Waals surface area contributed by atoms with Crippen molar-refractivity contribution in [2.24, 2.45) is 0 Å². The van der Waals surface area contributed by atoms with E-state index in [0.29, 0.717) is 11.2 Å². The fourth-order valence-corrected chi connectivity index (χ4v) is 3.71. The van der Waals surface area contributed by atoms with E-state index in [9.17, 15) is 0 Å². The van der Waals surface area contributed by atoms with Gasteiger partial charge in [0.05, 0.1) is 10.7 Å². The molecule has 0 saturated heterocycles. The molecule has 0 radical (unpaired) electrons. The highest BCUT2D eigenvalue weighted by molar-refractivity contribution is 7.15. The SMILES string of the molecule is Cc1nc(C)c(C(C)N(C)Cc2cnc(N)s2)s1.Cl. The van der Waals surface area contributed by atoms with Gasteiger partial charge in [-0.15, -0.1) is 35.1 Å². The third-order valence-corrected chi connectivity index (χ3v) is 5.01. The minimum absolute atomic E-state index is 0. The van der Waals surface area contributed by atoms with E-state index in [0.717, 1.165) is 17.2 Å². The van der Waals surface area contributed by atoms with Crippen LogP contribution in [-0.2, 0) is 6.54 Å². The van der Waals surface area contributed by atoms with Crippen LogP contribution in [0.15, 0.2) is 6.20 Å². The first-order valence-corrected chi connectivity index (χ1v) is 7.45. The first-order chi connectivity index (χ1) is 8.47. The fourth-order valence-electron chi connectivity index (χ4n) is 1.91. The van der Waals surface area contributed by atoms with Crippen molar-refractivity contribution in [3.63, 3.8) is 0 Å². The van der Waals surface area contributed by atoms with Crippen LogP contribution in [0, 0.1) is 13.8 Å². The Kier molecular flexibility index (Phi) is 5.73. The van der Waals surface area contributed by atoms with Crippen LogP contribution in [-0.4, -0.2) is 21.9 Å². The minimum atomic E-state index is 0. The quantitative estimate of drug-likeness (QED) is 0.938. The Labute approximate surface area is 128 Å². The number of hydrogen-bond acceptors (Lipinski definition) is 6. The number of thiazole rings is 2. The molecular weight excluding hydrogens is 300 g/mol. The number of nitrogen functional groups attached to an aromatic ring is 1. The van der Waals surface area contributed by atoms with Crippen molar-refractivity contribution >= 4 is 40.2 Å². The van der Waals surface area contributed by atoms with Crippen molar-refractivity contribution in [3.8, 4) is 0 Å². The molecule has 106 valence electrons. The molecule has 2 heterocycles. The third kappa shape index (κ3) is 3.89. The molecule has 0 aliphatic heterocycles. The van der Waals surface area contributed by atoms with Gasteiger partial charge < -0.3 is 5.73 Å². The van der Waals surface area contributed by atoms with E-state index >= 15 is 0 Å². The molecule has 4 nitrogen and oxygen atoms in total. The molecule has 0 saturated carbocycles. The summed E-state index contributed by atoms with van der Waals surface area (Å²) in [6.07, 6.45) is 1.86. The Bertz CT molecular complexity index is 538. The van der Waals surface area contributed by atoms with E-state index in [-0.39, 0.29) is 12.4 Å². The molecule has 1 unspecified atom stereocenters. The average molecular weight is 319 g/mol. The lowest BCUT2D eigenvalue weighted by Crippen LogP contribution is -2.21. The molecule has 2 N–H and O–H groups in total. The molecule has 0 bridgehead atoms. The molecule has 2 aromatic heterocycles. The summed E-state index contributed by atoms with van der Waals surface area (Å²) in [4.78, 5) is 13.4. The minimum Gasteiger partial charge on any atom is -0.375 e. The van der Waals surface area contributed by atoms with Crippen LogP contribution >= 0.6 is 35.1 Å². The van der Waals surface area contributed by atoms with Gasteiger partial charge >= 0.3 is 0 Å². The van der Waals surface area contributed by atoms with Gasteiger partial charge in [-0.3, -0.25) is 4.90 Å². The molecule has 0 spiro atoms. The zero-order valence-electron chi connectivity index (χ0n) is 11.5. The lowest BCUT2D eigenvalue weighted by atomic mass is 10.2. The summed E-state index contributed by atoms with van der Waals surface area (Å²) in [5.41, 5.74) is 6.79. The zero-order valence-corrected chi connectivity index (χ0v) is 14.0. The normalized spacial score (nSPS) is 12.5. The van der Waals surface area contributed by atoms with Crippen molar-refractivity contribution in [1.82, 2.24) is 14.9 Å². The summed E-state index contributed by atoms with van der Waals surface area (Å²) in [5, 5.41) is 1.76. The Morgan fingerprint density at radius 2 is 2.05 bits per heavy atom. The van der Waals surface area contributed by atoms with Crippen LogP contribution in [0.25, 0.3) is 0 Å². The Balaban J connectivity index is 0.00000180. The van der Waals surface area contributed by atoms with E-state index in [2.05, 4.69) is 42.7 Å². The second-order valence-corrected chi connectivity index (χ2v) is 6.82. The van der Waals surface area contributed by atoms with Gasteiger partial charge in [-0.05, 0) is 27.8 Å². The summed E-state index contributed by atoms with van der Waals surface area (Å²) in [7, 11) is 2.12. The number of aryl methyl sites for hydroxylation is 2. The van der Waals surface area contributed by atoms with Crippen molar-refractivity contribution < 1.29 is 0 Å². The van der Waals surface area contributed by atoms with Gasteiger partial charge in [0.2, 0.25) is 0 Å². The highest BCUT2D eigenvalue weighted by atomic mass is 35.5.